The lowest BCUT2D eigenvalue weighted by molar-refractivity contribution is 0.256. The summed E-state index contributed by atoms with van der Waals surface area (Å²) in [7, 11) is 0. The van der Waals surface area contributed by atoms with Gasteiger partial charge < -0.3 is 5.73 Å². The van der Waals surface area contributed by atoms with Crippen molar-refractivity contribution in [1.29, 1.82) is 0 Å². The summed E-state index contributed by atoms with van der Waals surface area (Å²) in [5.41, 5.74) is 6.49. The number of urea groups is 1. The van der Waals surface area contributed by atoms with Crippen LogP contribution in [0.2, 0.25) is 0 Å². The van der Waals surface area contributed by atoms with Crippen molar-refractivity contribution in [3.05, 3.63) is 34.5 Å². The molecule has 4 heteroatoms. The highest BCUT2D eigenvalue weighted by Crippen LogP contribution is 1.96. The maximum absolute atomic E-state index is 11.0. The molecular formula is C10H11N3O. The normalized spacial score (nSPS) is 13.4. The molecule has 1 aromatic carbocycles. The van der Waals surface area contributed by atoms with Crippen LogP contribution in [0.25, 0.3) is 0 Å². The largest absolute Gasteiger partial charge is 0.368 e. The van der Waals surface area contributed by atoms with Gasteiger partial charge in [0.25, 0.3) is 0 Å². The lowest BCUT2D eigenvalue weighted by atomic mass is 10.1. The number of benzene rings is 1. The summed E-state index contributed by atoms with van der Waals surface area (Å²) in [6.45, 7) is 0.648. The Hall–Kier alpha value is -1.55. The number of rotatable bonds is 3. The number of para-hydroxylation sites is 1. The highest BCUT2D eigenvalue weighted by atomic mass is 16.2. The molecular weight excluding hydrogens is 178 g/mol. The van der Waals surface area contributed by atoms with Crippen LogP contribution in [0.1, 0.15) is 12.0 Å². The molecule has 14 heavy (non-hydrogen) atoms. The molecule has 1 aliphatic rings. The van der Waals surface area contributed by atoms with E-state index in [1.807, 2.05) is 12.1 Å². The van der Waals surface area contributed by atoms with Crippen LogP contribution in [-0.2, 0) is 6.42 Å². The predicted molar refractivity (Wildman–Crippen MR) is 51.5 cm³/mol. The third-order valence-electron chi connectivity index (χ3n) is 2.17. The first-order chi connectivity index (χ1) is 6.81. The van der Waals surface area contributed by atoms with E-state index in [4.69, 9.17) is 5.73 Å². The third kappa shape index (κ3) is 1.56. The van der Waals surface area contributed by atoms with Crippen molar-refractivity contribution in [2.75, 3.05) is 6.54 Å². The summed E-state index contributed by atoms with van der Waals surface area (Å²) in [5.74, 6) is 0. The van der Waals surface area contributed by atoms with Gasteiger partial charge >= 0.3 is 6.03 Å². The molecule has 4 nitrogen and oxygen atoms in total. The van der Waals surface area contributed by atoms with E-state index in [1.165, 1.54) is 0 Å². The van der Waals surface area contributed by atoms with Gasteiger partial charge in [-0.3, -0.25) is 0 Å². The van der Waals surface area contributed by atoms with Crippen molar-refractivity contribution in [2.45, 2.75) is 12.8 Å². The van der Waals surface area contributed by atoms with Crippen LogP contribution in [0.3, 0.4) is 0 Å². The minimum atomic E-state index is -0.403. The summed E-state index contributed by atoms with van der Waals surface area (Å²) in [6.07, 6.45) is 1.76. The minimum absolute atomic E-state index is 0.403. The standard InChI is InChI=1S/C10H11N3O/c11-6-2-4-7-3-1-5-8-9(7)13-10(14)12-8/h1,3,5H,2,4,6,11H2. The second-order valence-electron chi connectivity index (χ2n) is 3.18. The van der Waals surface area contributed by atoms with Crippen molar-refractivity contribution in [1.82, 2.24) is 0 Å². The van der Waals surface area contributed by atoms with Gasteiger partial charge in [-0.25, -0.2) is 4.79 Å². The number of amides is 2. The topological polar surface area (TPSA) is 67.8 Å². The Morgan fingerprint density at radius 1 is 1.29 bits per heavy atom. The van der Waals surface area contributed by atoms with E-state index in [2.05, 4.69) is 9.98 Å². The van der Waals surface area contributed by atoms with Crippen LogP contribution in [0.15, 0.2) is 28.2 Å². The molecule has 0 fully saturated rings. The number of fused-ring (bicyclic) bond motifs is 1. The number of hydrogen-bond donors (Lipinski definition) is 1. The van der Waals surface area contributed by atoms with Crippen molar-refractivity contribution in [2.24, 2.45) is 15.7 Å². The van der Waals surface area contributed by atoms with E-state index < -0.39 is 6.03 Å². The Kier molecular flexibility index (Phi) is 2.37. The summed E-state index contributed by atoms with van der Waals surface area (Å²) in [6, 6.07) is 5.25. The molecule has 72 valence electrons. The van der Waals surface area contributed by atoms with Gasteiger partial charge in [-0.05, 0) is 31.0 Å². The highest BCUT2D eigenvalue weighted by Gasteiger charge is 2.07. The summed E-state index contributed by atoms with van der Waals surface area (Å²) >= 11 is 0. The molecule has 1 aliphatic heterocycles. The van der Waals surface area contributed by atoms with Crippen LogP contribution >= 0.6 is 0 Å². The lowest BCUT2D eigenvalue weighted by Crippen LogP contribution is -2.26. The smallest absolute Gasteiger partial charge is 0.330 e. The summed E-state index contributed by atoms with van der Waals surface area (Å²) in [4.78, 5) is 18.6. The molecule has 0 atom stereocenters. The SMILES string of the molecule is NCCCc1cccc2c1=NC(=O)N=2. The second-order valence-corrected chi connectivity index (χ2v) is 3.18. The zero-order chi connectivity index (χ0) is 9.97. The Balaban J connectivity index is 2.46. The van der Waals surface area contributed by atoms with Gasteiger partial charge in [0.15, 0.2) is 0 Å². The van der Waals surface area contributed by atoms with Crippen molar-refractivity contribution < 1.29 is 4.79 Å². The molecule has 0 aromatic heterocycles. The number of hydrogen-bond acceptors (Lipinski definition) is 2. The fourth-order valence-electron chi connectivity index (χ4n) is 1.52. The van der Waals surface area contributed by atoms with E-state index in [0.717, 1.165) is 23.8 Å². The molecule has 2 rings (SSSR count). The van der Waals surface area contributed by atoms with Gasteiger partial charge in [-0.15, -0.1) is 0 Å². The third-order valence-corrected chi connectivity index (χ3v) is 2.17. The number of nitrogens with two attached hydrogens (primary N) is 1. The molecule has 0 bridgehead atoms. The van der Waals surface area contributed by atoms with Gasteiger partial charge in [-0.1, -0.05) is 12.1 Å². The first kappa shape index (κ1) is 9.02. The van der Waals surface area contributed by atoms with Crippen molar-refractivity contribution in [3.63, 3.8) is 0 Å². The van der Waals surface area contributed by atoms with Gasteiger partial charge in [0.2, 0.25) is 0 Å². The number of carbonyl (C=O) groups excluding carboxylic acids is 1. The number of nitrogens with zero attached hydrogens (tertiary/aromatic N) is 2. The Labute approximate surface area is 81.2 Å². The zero-order valence-corrected chi connectivity index (χ0v) is 7.73. The van der Waals surface area contributed by atoms with E-state index in [1.54, 1.807) is 6.07 Å². The Bertz CT molecular complexity index is 479. The van der Waals surface area contributed by atoms with E-state index in [0.29, 0.717) is 11.9 Å². The number of aryl methyl sites for hydroxylation is 1. The molecule has 0 saturated heterocycles. The average molecular weight is 189 g/mol. The van der Waals surface area contributed by atoms with Gasteiger partial charge in [-0.2, -0.15) is 9.98 Å². The fraction of sp³-hybridized carbons (Fsp3) is 0.300. The molecule has 0 unspecified atom stereocenters. The molecule has 0 saturated carbocycles. The summed E-state index contributed by atoms with van der Waals surface area (Å²) in [5, 5.41) is 1.41. The van der Waals surface area contributed by atoms with Crippen LogP contribution in [0.4, 0.5) is 4.79 Å². The maximum Gasteiger partial charge on any atom is 0.368 e. The first-order valence-corrected chi connectivity index (χ1v) is 4.60. The minimum Gasteiger partial charge on any atom is -0.330 e. The maximum atomic E-state index is 11.0. The van der Waals surface area contributed by atoms with Crippen LogP contribution in [0.5, 0.6) is 0 Å². The van der Waals surface area contributed by atoms with Gasteiger partial charge in [0.05, 0.1) is 10.7 Å². The lowest BCUT2D eigenvalue weighted by Gasteiger charge is -1.97. The molecule has 1 heterocycles. The molecule has 0 radical (unpaired) electrons. The molecule has 2 amide bonds. The second kappa shape index (κ2) is 3.67. The molecule has 1 aromatic rings. The zero-order valence-electron chi connectivity index (χ0n) is 7.73. The van der Waals surface area contributed by atoms with Gasteiger partial charge in [0, 0.05) is 0 Å². The van der Waals surface area contributed by atoms with Crippen LogP contribution in [0, 0.1) is 0 Å². The van der Waals surface area contributed by atoms with E-state index in [9.17, 15) is 4.79 Å². The van der Waals surface area contributed by atoms with Crippen molar-refractivity contribution >= 4 is 6.03 Å². The molecule has 0 spiro atoms. The van der Waals surface area contributed by atoms with E-state index >= 15 is 0 Å². The van der Waals surface area contributed by atoms with Crippen LogP contribution in [-0.4, -0.2) is 12.6 Å². The molecule has 0 aliphatic carbocycles. The fourth-order valence-corrected chi connectivity index (χ4v) is 1.52. The molecule has 2 N–H and O–H groups in total. The monoisotopic (exact) mass is 189 g/mol. The van der Waals surface area contributed by atoms with E-state index in [-0.39, 0.29) is 0 Å². The van der Waals surface area contributed by atoms with Crippen LogP contribution < -0.4 is 16.4 Å². The van der Waals surface area contributed by atoms with Gasteiger partial charge in [0.1, 0.15) is 0 Å². The Morgan fingerprint density at radius 3 is 2.93 bits per heavy atom. The quantitative estimate of drug-likeness (QED) is 0.724. The van der Waals surface area contributed by atoms with Crippen molar-refractivity contribution in [3.8, 4) is 0 Å². The average Bonchev–Trinajstić information content (AvgIpc) is 2.55. The first-order valence-electron chi connectivity index (χ1n) is 4.60. The highest BCUT2D eigenvalue weighted by molar-refractivity contribution is 5.77. The summed E-state index contributed by atoms with van der Waals surface area (Å²) < 4.78 is 0. The Morgan fingerprint density at radius 2 is 2.14 bits per heavy atom. The predicted octanol–water partition coefficient (Wildman–Crippen LogP) is -0.0493. The number of carbonyl (C=O) groups is 1.